The van der Waals surface area contributed by atoms with E-state index in [0.717, 1.165) is 0 Å². The first-order valence-corrected chi connectivity index (χ1v) is 8.00. The molecule has 0 fully saturated rings. The Bertz CT molecular complexity index is 547. The van der Waals surface area contributed by atoms with Crippen LogP contribution in [0, 0.1) is 6.92 Å². The van der Waals surface area contributed by atoms with Crippen molar-refractivity contribution in [2.75, 3.05) is 0 Å². The van der Waals surface area contributed by atoms with E-state index in [2.05, 4.69) is 37.3 Å². The van der Waals surface area contributed by atoms with Gasteiger partial charge in [-0.25, -0.2) is 0 Å². The molecule has 0 bridgehead atoms. The largest absolute Gasteiger partial charge is 0.320 e. The maximum Gasteiger partial charge on any atom is 0.0648 e. The average Bonchev–Trinajstić information content (AvgIpc) is 2.70. The van der Waals surface area contributed by atoms with Crippen molar-refractivity contribution < 1.29 is 0 Å². The fourth-order valence-corrected chi connectivity index (χ4v) is 4.21. The molecule has 0 saturated heterocycles. The lowest BCUT2D eigenvalue weighted by molar-refractivity contribution is 0.712. The van der Waals surface area contributed by atoms with E-state index in [1.54, 1.807) is 10.4 Å². The van der Waals surface area contributed by atoms with Gasteiger partial charge >= 0.3 is 0 Å². The summed E-state index contributed by atoms with van der Waals surface area (Å²) in [6.45, 7) is 2.15. The van der Waals surface area contributed by atoms with E-state index >= 15 is 0 Å². The Morgan fingerprint density at radius 3 is 2.74 bits per heavy atom. The summed E-state index contributed by atoms with van der Waals surface area (Å²) in [7, 11) is 0. The van der Waals surface area contributed by atoms with Gasteiger partial charge in [0.1, 0.15) is 0 Å². The smallest absolute Gasteiger partial charge is 0.0648 e. The first kappa shape index (κ1) is 12.9. The van der Waals surface area contributed by atoms with E-state index in [9.17, 15) is 0 Å². The maximum absolute atomic E-state index is 6.48. The Hall–Kier alpha value is -1.12. The van der Waals surface area contributed by atoms with E-state index in [4.69, 9.17) is 5.73 Å². The van der Waals surface area contributed by atoms with Crippen molar-refractivity contribution in [3.8, 4) is 0 Å². The third-order valence-electron chi connectivity index (χ3n) is 4.10. The van der Waals surface area contributed by atoms with Crippen molar-refractivity contribution in [1.29, 1.82) is 0 Å². The number of rotatable bonds is 2. The predicted molar refractivity (Wildman–Crippen MR) is 82.8 cm³/mol. The second kappa shape index (κ2) is 5.48. The molecule has 2 heteroatoms. The topological polar surface area (TPSA) is 26.0 Å². The average molecular weight is 271 g/mol. The summed E-state index contributed by atoms with van der Waals surface area (Å²) in [5.41, 5.74) is 10.6. The van der Waals surface area contributed by atoms with Crippen LogP contribution in [-0.2, 0) is 12.8 Å². The van der Waals surface area contributed by atoms with Gasteiger partial charge in [-0.05, 0) is 55.4 Å². The molecule has 1 aromatic carbocycles. The first-order valence-electron chi connectivity index (χ1n) is 7.18. The summed E-state index contributed by atoms with van der Waals surface area (Å²) in [5.74, 6) is 0. The first-order chi connectivity index (χ1) is 9.25. The summed E-state index contributed by atoms with van der Waals surface area (Å²) in [4.78, 5) is 2.91. The minimum Gasteiger partial charge on any atom is -0.320 e. The number of aryl methyl sites for hydroxylation is 3. The molecule has 0 radical (unpaired) electrons. The van der Waals surface area contributed by atoms with Crippen LogP contribution in [0.1, 0.15) is 51.7 Å². The molecule has 0 aliphatic heterocycles. The van der Waals surface area contributed by atoms with Gasteiger partial charge in [0.25, 0.3) is 0 Å². The van der Waals surface area contributed by atoms with Crippen molar-refractivity contribution in [2.24, 2.45) is 5.73 Å². The van der Waals surface area contributed by atoms with Crippen molar-refractivity contribution in [1.82, 2.24) is 0 Å². The highest BCUT2D eigenvalue weighted by molar-refractivity contribution is 7.12. The highest BCUT2D eigenvalue weighted by atomic mass is 32.1. The van der Waals surface area contributed by atoms with Crippen molar-refractivity contribution in [3.05, 3.63) is 56.8 Å². The van der Waals surface area contributed by atoms with Gasteiger partial charge in [-0.3, -0.25) is 0 Å². The Morgan fingerprint density at radius 2 is 1.89 bits per heavy atom. The zero-order valence-electron chi connectivity index (χ0n) is 11.5. The molecule has 1 heterocycles. The quantitative estimate of drug-likeness (QED) is 0.806. The lowest BCUT2D eigenvalue weighted by atomic mass is 10.00. The Balaban J connectivity index is 1.92. The van der Waals surface area contributed by atoms with Crippen LogP contribution in [0.15, 0.2) is 30.3 Å². The van der Waals surface area contributed by atoms with E-state index in [0.29, 0.717) is 0 Å². The van der Waals surface area contributed by atoms with E-state index in [1.807, 2.05) is 11.3 Å². The summed E-state index contributed by atoms with van der Waals surface area (Å²) in [6.07, 6.45) is 6.54. The van der Waals surface area contributed by atoms with Gasteiger partial charge in [-0.15, -0.1) is 11.3 Å². The van der Waals surface area contributed by atoms with Crippen LogP contribution in [-0.4, -0.2) is 0 Å². The molecule has 1 aliphatic rings. The Labute approximate surface area is 119 Å². The van der Waals surface area contributed by atoms with E-state index < -0.39 is 0 Å². The molecule has 3 rings (SSSR count). The number of fused-ring (bicyclic) bond motifs is 1. The number of benzene rings is 1. The van der Waals surface area contributed by atoms with Gasteiger partial charge in [0.2, 0.25) is 0 Å². The molecule has 1 unspecified atom stereocenters. The van der Waals surface area contributed by atoms with Crippen LogP contribution in [0.2, 0.25) is 0 Å². The fraction of sp³-hybridized carbons (Fsp3) is 0.412. The molecule has 2 N–H and O–H groups in total. The third kappa shape index (κ3) is 2.60. The standard InChI is InChI=1S/C17H21NS/c1-12-7-5-6-9-14(12)17(18)16-11-13-8-3-2-4-10-15(13)19-16/h5-7,9,11,17H,2-4,8,10,18H2,1H3. The molecule has 1 aliphatic carbocycles. The second-order valence-corrected chi connectivity index (χ2v) is 6.66. The number of hydrogen-bond acceptors (Lipinski definition) is 2. The molecule has 100 valence electrons. The fourth-order valence-electron chi connectivity index (χ4n) is 2.93. The molecule has 1 aromatic heterocycles. The van der Waals surface area contributed by atoms with Crippen LogP contribution < -0.4 is 5.73 Å². The maximum atomic E-state index is 6.48. The van der Waals surface area contributed by atoms with Crippen LogP contribution in [0.3, 0.4) is 0 Å². The number of hydrogen-bond donors (Lipinski definition) is 1. The summed E-state index contributed by atoms with van der Waals surface area (Å²) in [5, 5.41) is 0. The lowest BCUT2D eigenvalue weighted by Crippen LogP contribution is -2.11. The third-order valence-corrected chi connectivity index (χ3v) is 5.42. The monoisotopic (exact) mass is 271 g/mol. The molecule has 2 aromatic rings. The zero-order valence-corrected chi connectivity index (χ0v) is 12.3. The lowest BCUT2D eigenvalue weighted by Gasteiger charge is -2.12. The summed E-state index contributed by atoms with van der Waals surface area (Å²) < 4.78 is 0. The minimum atomic E-state index is 0.0399. The molecule has 1 nitrogen and oxygen atoms in total. The van der Waals surface area contributed by atoms with Gasteiger partial charge in [0.05, 0.1) is 6.04 Å². The highest BCUT2D eigenvalue weighted by Crippen LogP contribution is 2.34. The molecule has 1 atom stereocenters. The number of nitrogens with two attached hydrogens (primary N) is 1. The van der Waals surface area contributed by atoms with Gasteiger partial charge in [0.15, 0.2) is 0 Å². The predicted octanol–water partition coefficient (Wildman–Crippen LogP) is 4.37. The molecular weight excluding hydrogens is 250 g/mol. The van der Waals surface area contributed by atoms with Crippen LogP contribution in [0.25, 0.3) is 0 Å². The van der Waals surface area contributed by atoms with Gasteiger partial charge in [0, 0.05) is 9.75 Å². The molecular formula is C17H21NS. The van der Waals surface area contributed by atoms with Crippen molar-refractivity contribution in [2.45, 2.75) is 45.1 Å². The molecule has 0 spiro atoms. The molecule has 0 saturated carbocycles. The van der Waals surface area contributed by atoms with Gasteiger partial charge < -0.3 is 5.73 Å². The molecule has 0 amide bonds. The van der Waals surface area contributed by atoms with Crippen molar-refractivity contribution >= 4 is 11.3 Å². The SMILES string of the molecule is Cc1ccccc1C(N)c1cc2c(s1)CCCCC2. The van der Waals surface area contributed by atoms with E-state index in [-0.39, 0.29) is 6.04 Å². The summed E-state index contributed by atoms with van der Waals surface area (Å²) >= 11 is 1.94. The Morgan fingerprint density at radius 1 is 1.11 bits per heavy atom. The number of thiophene rings is 1. The molecule has 19 heavy (non-hydrogen) atoms. The van der Waals surface area contributed by atoms with Crippen LogP contribution >= 0.6 is 11.3 Å². The van der Waals surface area contributed by atoms with Gasteiger partial charge in [-0.2, -0.15) is 0 Å². The summed E-state index contributed by atoms with van der Waals surface area (Å²) in [6, 6.07) is 10.9. The normalized spacial score (nSPS) is 16.7. The second-order valence-electron chi connectivity index (χ2n) is 5.49. The van der Waals surface area contributed by atoms with Crippen LogP contribution in [0.4, 0.5) is 0 Å². The van der Waals surface area contributed by atoms with Crippen molar-refractivity contribution in [3.63, 3.8) is 0 Å². The minimum absolute atomic E-state index is 0.0399. The highest BCUT2D eigenvalue weighted by Gasteiger charge is 2.18. The zero-order chi connectivity index (χ0) is 13.2. The Kier molecular flexibility index (Phi) is 3.72. The van der Waals surface area contributed by atoms with Gasteiger partial charge in [-0.1, -0.05) is 30.7 Å². The van der Waals surface area contributed by atoms with Crippen LogP contribution in [0.5, 0.6) is 0 Å². The van der Waals surface area contributed by atoms with E-state index in [1.165, 1.54) is 48.1 Å².